The van der Waals surface area contributed by atoms with Crippen molar-refractivity contribution in [2.24, 2.45) is 0 Å². The van der Waals surface area contributed by atoms with Gasteiger partial charge in [0.05, 0.1) is 7.11 Å². The van der Waals surface area contributed by atoms with Gasteiger partial charge in [0.15, 0.2) is 0 Å². The summed E-state index contributed by atoms with van der Waals surface area (Å²) in [5.41, 5.74) is 1.52. The number of benzene rings is 2. The number of carbonyl (C=O) groups excluding carboxylic acids is 1. The average molecular weight is 368 g/mol. The number of halogens is 2. The maximum atomic E-state index is 12.9. The number of rotatable bonds is 3. The molecule has 1 atom stereocenters. The second kappa shape index (κ2) is 7.04. The maximum absolute atomic E-state index is 12.9. The zero-order valence-electron chi connectivity index (χ0n) is 12.5. The van der Waals surface area contributed by atoms with Gasteiger partial charge in [-0.3, -0.25) is 4.79 Å². The molecule has 3 rings (SSSR count). The lowest BCUT2D eigenvalue weighted by Crippen LogP contribution is -2.30. The normalized spacial score (nSPS) is 17.3. The first-order valence-electron chi connectivity index (χ1n) is 7.11. The van der Waals surface area contributed by atoms with E-state index in [2.05, 4.69) is 0 Å². The Hall–Kier alpha value is -1.36. The first-order valence-corrected chi connectivity index (χ1v) is 8.92. The third-order valence-corrected chi connectivity index (χ3v) is 5.50. The van der Waals surface area contributed by atoms with E-state index in [4.69, 9.17) is 27.9 Å². The SMILES string of the molecule is COc1cccc(C(=O)N2CCS[C@@H]2c2ccc(Cl)cc2Cl)c1. The molecule has 2 aromatic carbocycles. The molecule has 0 saturated carbocycles. The van der Waals surface area contributed by atoms with Gasteiger partial charge in [0.25, 0.3) is 5.91 Å². The van der Waals surface area contributed by atoms with Crippen LogP contribution in [0.2, 0.25) is 10.0 Å². The van der Waals surface area contributed by atoms with Gasteiger partial charge in [0, 0.05) is 33.5 Å². The summed E-state index contributed by atoms with van der Waals surface area (Å²) in [5.74, 6) is 1.52. The molecule has 0 aliphatic carbocycles. The van der Waals surface area contributed by atoms with E-state index >= 15 is 0 Å². The van der Waals surface area contributed by atoms with Gasteiger partial charge < -0.3 is 9.64 Å². The fraction of sp³-hybridized carbons (Fsp3) is 0.235. The Morgan fingerprint density at radius 1 is 1.26 bits per heavy atom. The molecule has 120 valence electrons. The summed E-state index contributed by atoms with van der Waals surface area (Å²) in [4.78, 5) is 14.7. The molecule has 0 aromatic heterocycles. The topological polar surface area (TPSA) is 29.5 Å². The molecule has 1 fully saturated rings. The van der Waals surface area contributed by atoms with E-state index in [9.17, 15) is 4.79 Å². The summed E-state index contributed by atoms with van der Waals surface area (Å²) >= 11 is 14.0. The molecule has 0 N–H and O–H groups in total. The molecule has 3 nitrogen and oxygen atoms in total. The monoisotopic (exact) mass is 367 g/mol. The van der Waals surface area contributed by atoms with Crippen LogP contribution in [0.15, 0.2) is 42.5 Å². The third-order valence-electron chi connectivity index (χ3n) is 3.70. The van der Waals surface area contributed by atoms with Crippen LogP contribution < -0.4 is 4.74 Å². The molecule has 23 heavy (non-hydrogen) atoms. The van der Waals surface area contributed by atoms with E-state index in [0.29, 0.717) is 27.9 Å². The van der Waals surface area contributed by atoms with Crippen molar-refractivity contribution < 1.29 is 9.53 Å². The molecule has 0 unspecified atom stereocenters. The van der Waals surface area contributed by atoms with Gasteiger partial charge in [-0.25, -0.2) is 0 Å². The lowest BCUT2D eigenvalue weighted by Gasteiger charge is -2.25. The summed E-state index contributed by atoms with van der Waals surface area (Å²) < 4.78 is 5.20. The van der Waals surface area contributed by atoms with E-state index < -0.39 is 0 Å². The van der Waals surface area contributed by atoms with Crippen molar-refractivity contribution in [1.29, 1.82) is 0 Å². The number of hydrogen-bond acceptors (Lipinski definition) is 3. The first kappa shape index (κ1) is 16.5. The molecular weight excluding hydrogens is 353 g/mol. The molecule has 0 spiro atoms. The first-order chi connectivity index (χ1) is 11.1. The Morgan fingerprint density at radius 2 is 2.09 bits per heavy atom. The molecule has 1 amide bonds. The zero-order chi connectivity index (χ0) is 16.4. The fourth-order valence-electron chi connectivity index (χ4n) is 2.56. The van der Waals surface area contributed by atoms with Crippen LogP contribution in [0.3, 0.4) is 0 Å². The average Bonchev–Trinajstić information content (AvgIpc) is 3.03. The van der Waals surface area contributed by atoms with Gasteiger partial charge in [-0.15, -0.1) is 11.8 Å². The summed E-state index contributed by atoms with van der Waals surface area (Å²) in [5, 5.41) is 1.08. The van der Waals surface area contributed by atoms with Gasteiger partial charge >= 0.3 is 0 Å². The minimum Gasteiger partial charge on any atom is -0.497 e. The van der Waals surface area contributed by atoms with E-state index in [0.717, 1.165) is 11.3 Å². The quantitative estimate of drug-likeness (QED) is 0.773. The molecule has 1 aliphatic rings. The number of hydrogen-bond donors (Lipinski definition) is 0. The minimum absolute atomic E-state index is 0.0232. The van der Waals surface area contributed by atoms with Crippen LogP contribution in [-0.4, -0.2) is 30.2 Å². The lowest BCUT2D eigenvalue weighted by molar-refractivity contribution is 0.0760. The van der Waals surface area contributed by atoms with E-state index in [1.54, 1.807) is 43.1 Å². The molecule has 1 saturated heterocycles. The van der Waals surface area contributed by atoms with Gasteiger partial charge in [-0.2, -0.15) is 0 Å². The zero-order valence-corrected chi connectivity index (χ0v) is 14.8. The molecule has 1 aliphatic heterocycles. The Bertz CT molecular complexity index is 738. The molecule has 0 bridgehead atoms. The predicted octanol–water partition coefficient (Wildman–Crippen LogP) is 4.89. The number of nitrogens with zero attached hydrogens (tertiary/aromatic N) is 1. The standard InChI is InChI=1S/C17H15Cl2NO2S/c1-22-13-4-2-3-11(9-13)16(21)20-7-8-23-17(20)14-6-5-12(18)10-15(14)19/h2-6,9-10,17H,7-8H2,1H3/t17-/m1/s1. The Balaban J connectivity index is 1.90. The van der Waals surface area contributed by atoms with Crippen molar-refractivity contribution in [2.75, 3.05) is 19.4 Å². The Morgan fingerprint density at radius 3 is 2.83 bits per heavy atom. The fourth-order valence-corrected chi connectivity index (χ4v) is 4.43. The predicted molar refractivity (Wildman–Crippen MR) is 95.7 cm³/mol. The van der Waals surface area contributed by atoms with Crippen LogP contribution in [0.1, 0.15) is 21.3 Å². The van der Waals surface area contributed by atoms with E-state index in [1.165, 1.54) is 0 Å². The molecule has 2 aromatic rings. The summed E-state index contributed by atoms with van der Waals surface area (Å²) in [7, 11) is 1.59. The van der Waals surface area contributed by atoms with Gasteiger partial charge in [-0.05, 0) is 30.3 Å². The number of ether oxygens (including phenoxy) is 1. The van der Waals surface area contributed by atoms with Crippen molar-refractivity contribution in [3.63, 3.8) is 0 Å². The highest BCUT2D eigenvalue weighted by Gasteiger charge is 2.32. The molecule has 6 heteroatoms. The van der Waals surface area contributed by atoms with Crippen molar-refractivity contribution in [2.45, 2.75) is 5.37 Å². The minimum atomic E-state index is -0.0986. The highest BCUT2D eigenvalue weighted by atomic mass is 35.5. The van der Waals surface area contributed by atoms with Crippen molar-refractivity contribution in [3.05, 3.63) is 63.6 Å². The summed E-state index contributed by atoms with van der Waals surface area (Å²) in [6, 6.07) is 12.6. The number of amides is 1. The van der Waals surface area contributed by atoms with E-state index in [1.807, 2.05) is 23.1 Å². The lowest BCUT2D eigenvalue weighted by atomic mass is 10.1. The van der Waals surface area contributed by atoms with Crippen molar-refractivity contribution in [3.8, 4) is 5.75 Å². The molecular formula is C17H15Cl2NO2S. The number of methoxy groups -OCH3 is 1. The smallest absolute Gasteiger partial charge is 0.255 e. The number of thioether (sulfide) groups is 1. The summed E-state index contributed by atoms with van der Waals surface area (Å²) in [6.07, 6.45) is 0. The van der Waals surface area contributed by atoms with Crippen molar-refractivity contribution >= 4 is 40.9 Å². The van der Waals surface area contributed by atoms with Gasteiger partial charge in [0.2, 0.25) is 0 Å². The number of carbonyl (C=O) groups is 1. The van der Waals surface area contributed by atoms with Crippen molar-refractivity contribution in [1.82, 2.24) is 4.90 Å². The maximum Gasteiger partial charge on any atom is 0.255 e. The van der Waals surface area contributed by atoms with Crippen LogP contribution in [0.25, 0.3) is 0 Å². The van der Waals surface area contributed by atoms with Crippen LogP contribution in [0, 0.1) is 0 Å². The van der Waals surface area contributed by atoms with Crippen LogP contribution in [0.5, 0.6) is 5.75 Å². The van der Waals surface area contributed by atoms with Crippen LogP contribution in [0.4, 0.5) is 0 Å². The van der Waals surface area contributed by atoms with Gasteiger partial charge in [0.1, 0.15) is 11.1 Å². The highest BCUT2D eigenvalue weighted by Crippen LogP contribution is 2.42. The van der Waals surface area contributed by atoms with Crippen LogP contribution >= 0.6 is 35.0 Å². The van der Waals surface area contributed by atoms with Gasteiger partial charge in [-0.1, -0.05) is 35.3 Å². The third kappa shape index (κ3) is 3.44. The van der Waals surface area contributed by atoms with E-state index in [-0.39, 0.29) is 11.3 Å². The largest absolute Gasteiger partial charge is 0.497 e. The summed E-state index contributed by atoms with van der Waals surface area (Å²) in [6.45, 7) is 0.685. The van der Waals surface area contributed by atoms with Crippen LogP contribution in [-0.2, 0) is 0 Å². The Labute approximate surface area is 149 Å². The Kier molecular flexibility index (Phi) is 5.05. The highest BCUT2D eigenvalue weighted by molar-refractivity contribution is 7.99. The molecule has 0 radical (unpaired) electrons. The second-order valence-corrected chi connectivity index (χ2v) is 7.15. The molecule has 1 heterocycles. The second-order valence-electron chi connectivity index (χ2n) is 5.12.